The predicted molar refractivity (Wildman–Crippen MR) is 103 cm³/mol. The molecule has 0 radical (unpaired) electrons. The van der Waals surface area contributed by atoms with Gasteiger partial charge in [-0.25, -0.2) is 4.68 Å². The summed E-state index contributed by atoms with van der Waals surface area (Å²) in [6.07, 6.45) is 0. The van der Waals surface area contributed by atoms with E-state index in [1.54, 1.807) is 24.3 Å². The zero-order valence-electron chi connectivity index (χ0n) is 14.5. The maximum absolute atomic E-state index is 12.4. The summed E-state index contributed by atoms with van der Waals surface area (Å²) >= 11 is 6.07. The standard InChI is InChI=1S/C20H18ClN3O2/c1-13-6-3-4-7-15(13)18-10-11-20(26)24(23-18)12-19(25)22-17-9-5-8-16(21)14(17)2/h3-11H,12H2,1-2H3,(H,22,25). The molecule has 2 aromatic carbocycles. The Labute approximate surface area is 156 Å². The average molecular weight is 368 g/mol. The second-order valence-corrected chi connectivity index (χ2v) is 6.40. The van der Waals surface area contributed by atoms with Gasteiger partial charge in [0.2, 0.25) is 5.91 Å². The number of hydrogen-bond donors (Lipinski definition) is 1. The van der Waals surface area contributed by atoms with Crippen LogP contribution in [-0.2, 0) is 11.3 Å². The fraction of sp³-hybridized carbons (Fsp3) is 0.150. The predicted octanol–water partition coefficient (Wildman–Crippen LogP) is 3.82. The molecule has 1 heterocycles. The normalized spacial score (nSPS) is 10.6. The average Bonchev–Trinajstić information content (AvgIpc) is 2.61. The van der Waals surface area contributed by atoms with Crippen LogP contribution in [0.1, 0.15) is 11.1 Å². The van der Waals surface area contributed by atoms with Crippen molar-refractivity contribution >= 4 is 23.2 Å². The number of rotatable bonds is 4. The number of aromatic nitrogens is 2. The molecule has 0 aliphatic rings. The summed E-state index contributed by atoms with van der Waals surface area (Å²) in [7, 11) is 0. The lowest BCUT2D eigenvalue weighted by atomic mass is 10.1. The largest absolute Gasteiger partial charge is 0.324 e. The van der Waals surface area contributed by atoms with Crippen molar-refractivity contribution in [2.45, 2.75) is 20.4 Å². The molecular weight excluding hydrogens is 350 g/mol. The van der Waals surface area contributed by atoms with Crippen molar-refractivity contribution in [3.63, 3.8) is 0 Å². The first-order valence-corrected chi connectivity index (χ1v) is 8.52. The molecule has 0 unspecified atom stereocenters. The second kappa shape index (κ2) is 7.54. The molecule has 0 bridgehead atoms. The van der Waals surface area contributed by atoms with Crippen molar-refractivity contribution < 1.29 is 4.79 Å². The number of carbonyl (C=O) groups is 1. The van der Waals surface area contributed by atoms with E-state index in [1.165, 1.54) is 6.07 Å². The molecule has 1 amide bonds. The molecule has 6 heteroatoms. The van der Waals surface area contributed by atoms with E-state index in [9.17, 15) is 9.59 Å². The Bertz CT molecular complexity index is 1030. The summed E-state index contributed by atoms with van der Waals surface area (Å²) in [5, 5.41) is 7.69. The van der Waals surface area contributed by atoms with Crippen molar-refractivity contribution in [1.29, 1.82) is 0 Å². The maximum Gasteiger partial charge on any atom is 0.267 e. The van der Waals surface area contributed by atoms with Crippen LogP contribution in [0.2, 0.25) is 5.02 Å². The van der Waals surface area contributed by atoms with Gasteiger partial charge in [-0.15, -0.1) is 0 Å². The van der Waals surface area contributed by atoms with Crippen LogP contribution in [0.4, 0.5) is 5.69 Å². The van der Waals surface area contributed by atoms with E-state index < -0.39 is 0 Å². The molecule has 0 saturated carbocycles. The van der Waals surface area contributed by atoms with Crippen LogP contribution in [-0.4, -0.2) is 15.7 Å². The zero-order chi connectivity index (χ0) is 18.7. The minimum absolute atomic E-state index is 0.176. The van der Waals surface area contributed by atoms with Gasteiger partial charge in [0, 0.05) is 22.3 Å². The highest BCUT2D eigenvalue weighted by Crippen LogP contribution is 2.23. The number of anilines is 1. The summed E-state index contributed by atoms with van der Waals surface area (Å²) in [6.45, 7) is 3.62. The highest BCUT2D eigenvalue weighted by molar-refractivity contribution is 6.31. The van der Waals surface area contributed by atoms with Crippen molar-refractivity contribution in [2.24, 2.45) is 0 Å². The minimum Gasteiger partial charge on any atom is -0.324 e. The van der Waals surface area contributed by atoms with E-state index in [0.717, 1.165) is 21.4 Å². The fourth-order valence-corrected chi connectivity index (χ4v) is 2.81. The summed E-state index contributed by atoms with van der Waals surface area (Å²) in [5.74, 6) is -0.341. The Balaban J connectivity index is 1.84. The van der Waals surface area contributed by atoms with Crippen LogP contribution < -0.4 is 10.9 Å². The lowest BCUT2D eigenvalue weighted by Crippen LogP contribution is -2.29. The van der Waals surface area contributed by atoms with Crippen LogP contribution in [0.15, 0.2) is 59.4 Å². The van der Waals surface area contributed by atoms with Gasteiger partial charge in [0.05, 0.1) is 5.69 Å². The third kappa shape index (κ3) is 3.83. The van der Waals surface area contributed by atoms with Gasteiger partial charge in [0.1, 0.15) is 6.54 Å². The molecule has 1 N–H and O–H groups in total. The third-order valence-corrected chi connectivity index (χ3v) is 4.53. The Morgan fingerprint density at radius 2 is 1.85 bits per heavy atom. The van der Waals surface area contributed by atoms with E-state index in [-0.39, 0.29) is 18.0 Å². The van der Waals surface area contributed by atoms with Crippen LogP contribution in [0.5, 0.6) is 0 Å². The fourth-order valence-electron chi connectivity index (χ4n) is 2.63. The maximum atomic E-state index is 12.4. The molecule has 1 aromatic heterocycles. The van der Waals surface area contributed by atoms with Crippen molar-refractivity contribution in [3.8, 4) is 11.3 Å². The van der Waals surface area contributed by atoms with Crippen LogP contribution in [0, 0.1) is 13.8 Å². The second-order valence-electron chi connectivity index (χ2n) is 5.99. The molecule has 0 spiro atoms. The monoisotopic (exact) mass is 367 g/mol. The Kier molecular flexibility index (Phi) is 5.19. The molecule has 0 atom stereocenters. The molecule has 5 nitrogen and oxygen atoms in total. The van der Waals surface area contributed by atoms with Crippen LogP contribution in [0.25, 0.3) is 11.3 Å². The van der Waals surface area contributed by atoms with Crippen molar-refractivity contribution in [2.75, 3.05) is 5.32 Å². The molecule has 3 rings (SSSR count). The lowest BCUT2D eigenvalue weighted by molar-refractivity contribution is -0.117. The third-order valence-electron chi connectivity index (χ3n) is 4.12. The Morgan fingerprint density at radius 3 is 2.62 bits per heavy atom. The quantitative estimate of drug-likeness (QED) is 0.762. The highest BCUT2D eigenvalue weighted by atomic mass is 35.5. The van der Waals surface area contributed by atoms with E-state index in [0.29, 0.717) is 16.4 Å². The van der Waals surface area contributed by atoms with Gasteiger partial charge in [-0.05, 0) is 43.2 Å². The number of halogens is 1. The van der Waals surface area contributed by atoms with Gasteiger partial charge in [-0.2, -0.15) is 5.10 Å². The highest BCUT2D eigenvalue weighted by Gasteiger charge is 2.11. The van der Waals surface area contributed by atoms with E-state index >= 15 is 0 Å². The van der Waals surface area contributed by atoms with Crippen molar-refractivity contribution in [1.82, 2.24) is 9.78 Å². The number of amides is 1. The van der Waals surface area contributed by atoms with E-state index in [4.69, 9.17) is 11.6 Å². The topological polar surface area (TPSA) is 64.0 Å². The van der Waals surface area contributed by atoms with Crippen LogP contribution in [0.3, 0.4) is 0 Å². The molecule has 0 saturated heterocycles. The van der Waals surface area contributed by atoms with Gasteiger partial charge < -0.3 is 5.32 Å². The number of benzene rings is 2. The summed E-state index contributed by atoms with van der Waals surface area (Å²) in [4.78, 5) is 24.5. The Hall–Kier alpha value is -2.92. The molecule has 3 aromatic rings. The van der Waals surface area contributed by atoms with Crippen LogP contribution >= 0.6 is 11.6 Å². The smallest absolute Gasteiger partial charge is 0.267 e. The number of aryl methyl sites for hydroxylation is 1. The van der Waals surface area contributed by atoms with Gasteiger partial charge in [-0.1, -0.05) is 41.9 Å². The summed E-state index contributed by atoms with van der Waals surface area (Å²) < 4.78 is 1.16. The first-order valence-electron chi connectivity index (χ1n) is 8.15. The molecule has 0 aliphatic heterocycles. The molecule has 26 heavy (non-hydrogen) atoms. The van der Waals surface area contributed by atoms with Crippen molar-refractivity contribution in [3.05, 3.63) is 81.1 Å². The molecular formula is C20H18ClN3O2. The lowest BCUT2D eigenvalue weighted by Gasteiger charge is -2.11. The number of carbonyl (C=O) groups excluding carboxylic acids is 1. The number of hydrogen-bond acceptors (Lipinski definition) is 3. The van der Waals surface area contributed by atoms with Gasteiger partial charge in [-0.3, -0.25) is 9.59 Å². The first kappa shape index (κ1) is 17.9. The molecule has 0 aliphatic carbocycles. The number of nitrogens with one attached hydrogen (secondary N) is 1. The van der Waals surface area contributed by atoms with Gasteiger partial charge >= 0.3 is 0 Å². The Morgan fingerprint density at radius 1 is 1.08 bits per heavy atom. The zero-order valence-corrected chi connectivity index (χ0v) is 15.2. The first-order chi connectivity index (χ1) is 12.5. The van der Waals surface area contributed by atoms with Gasteiger partial charge in [0.15, 0.2) is 0 Å². The van der Waals surface area contributed by atoms with Gasteiger partial charge in [0.25, 0.3) is 5.56 Å². The molecule has 132 valence electrons. The molecule has 0 fully saturated rings. The number of nitrogens with zero attached hydrogens (tertiary/aromatic N) is 2. The minimum atomic E-state index is -0.341. The summed E-state index contributed by atoms with van der Waals surface area (Å²) in [6, 6.07) is 16.1. The SMILES string of the molecule is Cc1ccccc1-c1ccc(=O)n(CC(=O)Nc2cccc(Cl)c2C)n1. The summed E-state index contributed by atoms with van der Waals surface area (Å²) in [5.41, 5.74) is 3.67. The van der Waals surface area contributed by atoms with E-state index in [2.05, 4.69) is 10.4 Å². The van der Waals surface area contributed by atoms with E-state index in [1.807, 2.05) is 38.1 Å².